The van der Waals surface area contributed by atoms with Crippen LogP contribution in [0.1, 0.15) is 32.6 Å². The van der Waals surface area contributed by atoms with E-state index in [-0.39, 0.29) is 11.3 Å². The van der Waals surface area contributed by atoms with E-state index in [1.807, 2.05) is 0 Å². The van der Waals surface area contributed by atoms with Gasteiger partial charge in [-0.25, -0.2) is 13.1 Å². The Bertz CT molecular complexity index is 298. The summed E-state index contributed by atoms with van der Waals surface area (Å²) in [5, 5.41) is 3.22. The van der Waals surface area contributed by atoms with Gasteiger partial charge in [-0.3, -0.25) is 0 Å². The monoisotopic (exact) mass is 218 g/mol. The van der Waals surface area contributed by atoms with Crippen LogP contribution in [0.3, 0.4) is 0 Å². The first-order valence-corrected chi connectivity index (χ1v) is 6.91. The van der Waals surface area contributed by atoms with Crippen molar-refractivity contribution in [2.45, 2.75) is 49.9 Å². The second kappa shape index (κ2) is 3.79. The lowest BCUT2D eigenvalue weighted by Crippen LogP contribution is -2.38. The van der Waals surface area contributed by atoms with E-state index in [1.165, 1.54) is 0 Å². The maximum absolute atomic E-state index is 11.6. The maximum Gasteiger partial charge on any atom is 0.214 e. The molecule has 0 radical (unpaired) electrons. The third kappa shape index (κ3) is 2.27. The molecule has 0 spiro atoms. The summed E-state index contributed by atoms with van der Waals surface area (Å²) in [5.41, 5.74) is 0. The Labute approximate surface area is 85.5 Å². The molecule has 1 heterocycles. The van der Waals surface area contributed by atoms with Crippen LogP contribution in [-0.4, -0.2) is 32.3 Å². The van der Waals surface area contributed by atoms with Gasteiger partial charge >= 0.3 is 0 Å². The van der Waals surface area contributed by atoms with Crippen molar-refractivity contribution < 1.29 is 8.42 Å². The summed E-state index contributed by atoms with van der Waals surface area (Å²) >= 11 is 0. The molecule has 0 unspecified atom stereocenters. The Morgan fingerprint density at radius 2 is 2.14 bits per heavy atom. The molecule has 4 nitrogen and oxygen atoms in total. The van der Waals surface area contributed by atoms with E-state index in [1.54, 1.807) is 0 Å². The molecule has 1 aliphatic heterocycles. The zero-order valence-corrected chi connectivity index (χ0v) is 9.31. The number of hydrogen-bond donors (Lipinski definition) is 2. The summed E-state index contributed by atoms with van der Waals surface area (Å²) in [6, 6.07) is 0.604. The Balaban J connectivity index is 1.86. The number of rotatable bonds is 4. The smallest absolute Gasteiger partial charge is 0.214 e. The van der Waals surface area contributed by atoms with Gasteiger partial charge in [-0.2, -0.15) is 0 Å². The standard InChI is InChI=1S/C9H18N2O2S/c1-2-7-5-8(6-10-7)11-14(12,13)9-3-4-9/h7-11H,2-6H2,1H3/t7-,8+/m1/s1. The van der Waals surface area contributed by atoms with E-state index in [9.17, 15) is 8.42 Å². The molecule has 5 heteroatoms. The van der Waals surface area contributed by atoms with Gasteiger partial charge in [0, 0.05) is 18.6 Å². The van der Waals surface area contributed by atoms with Gasteiger partial charge in [0.25, 0.3) is 0 Å². The van der Waals surface area contributed by atoms with Gasteiger partial charge in [0.05, 0.1) is 5.25 Å². The van der Waals surface area contributed by atoms with Gasteiger partial charge in [-0.05, 0) is 25.7 Å². The van der Waals surface area contributed by atoms with Crippen LogP contribution in [0, 0.1) is 0 Å². The van der Waals surface area contributed by atoms with Crippen LogP contribution in [0.2, 0.25) is 0 Å². The van der Waals surface area contributed by atoms with Crippen LogP contribution in [0.25, 0.3) is 0 Å². The highest BCUT2D eigenvalue weighted by Gasteiger charge is 2.38. The first-order valence-electron chi connectivity index (χ1n) is 5.36. The lowest BCUT2D eigenvalue weighted by molar-refractivity contribution is 0.548. The molecule has 2 atom stereocenters. The first-order chi connectivity index (χ1) is 6.62. The van der Waals surface area contributed by atoms with Crippen molar-refractivity contribution >= 4 is 10.0 Å². The summed E-state index contributed by atoms with van der Waals surface area (Å²) in [6.07, 6.45) is 3.68. The van der Waals surface area contributed by atoms with Crippen molar-refractivity contribution in [3.63, 3.8) is 0 Å². The summed E-state index contributed by atoms with van der Waals surface area (Å²) in [7, 11) is -2.99. The molecule has 1 aliphatic carbocycles. The molecule has 1 saturated carbocycles. The molecule has 14 heavy (non-hydrogen) atoms. The maximum atomic E-state index is 11.6. The molecule has 2 aliphatic rings. The summed E-state index contributed by atoms with van der Waals surface area (Å²) in [5.74, 6) is 0. The minimum atomic E-state index is -2.99. The molecule has 0 aromatic carbocycles. The first kappa shape index (κ1) is 10.4. The number of nitrogens with one attached hydrogen (secondary N) is 2. The fraction of sp³-hybridized carbons (Fsp3) is 1.00. The van der Waals surface area contributed by atoms with E-state index in [0.29, 0.717) is 6.04 Å². The third-order valence-electron chi connectivity index (χ3n) is 3.01. The Morgan fingerprint density at radius 1 is 1.43 bits per heavy atom. The largest absolute Gasteiger partial charge is 0.312 e. The van der Waals surface area contributed by atoms with Gasteiger partial charge < -0.3 is 5.32 Å². The molecule has 0 aromatic rings. The SMILES string of the molecule is CC[C@@H]1C[C@H](NS(=O)(=O)C2CC2)CN1. The molecular formula is C9H18N2O2S. The Kier molecular flexibility index (Phi) is 2.81. The topological polar surface area (TPSA) is 58.2 Å². The molecule has 1 saturated heterocycles. The summed E-state index contributed by atoms with van der Waals surface area (Å²) in [4.78, 5) is 0. The quantitative estimate of drug-likeness (QED) is 0.709. The van der Waals surface area contributed by atoms with Crippen LogP contribution in [-0.2, 0) is 10.0 Å². The lowest BCUT2D eigenvalue weighted by atomic mass is 10.1. The lowest BCUT2D eigenvalue weighted by Gasteiger charge is -2.11. The van der Waals surface area contributed by atoms with Crippen molar-refractivity contribution in [3.05, 3.63) is 0 Å². The Hall–Kier alpha value is -0.130. The average Bonchev–Trinajstić information content (AvgIpc) is 2.89. The Morgan fingerprint density at radius 3 is 2.64 bits per heavy atom. The highest BCUT2D eigenvalue weighted by Crippen LogP contribution is 2.28. The van der Waals surface area contributed by atoms with Crippen LogP contribution in [0.15, 0.2) is 0 Å². The highest BCUT2D eigenvalue weighted by atomic mass is 32.2. The van der Waals surface area contributed by atoms with Crippen molar-refractivity contribution in [1.82, 2.24) is 10.0 Å². The minimum Gasteiger partial charge on any atom is -0.312 e. The molecule has 0 bridgehead atoms. The molecule has 0 amide bonds. The van der Waals surface area contributed by atoms with Crippen LogP contribution < -0.4 is 10.0 Å². The fourth-order valence-electron chi connectivity index (χ4n) is 1.93. The number of sulfonamides is 1. The number of hydrogen-bond acceptors (Lipinski definition) is 3. The average molecular weight is 218 g/mol. The third-order valence-corrected chi connectivity index (χ3v) is 5.02. The predicted octanol–water partition coefficient (Wildman–Crippen LogP) is 0.209. The van der Waals surface area contributed by atoms with Gasteiger partial charge in [0.2, 0.25) is 10.0 Å². The molecule has 2 N–H and O–H groups in total. The van der Waals surface area contributed by atoms with E-state index in [0.717, 1.165) is 32.2 Å². The van der Waals surface area contributed by atoms with Gasteiger partial charge in [0.15, 0.2) is 0 Å². The van der Waals surface area contributed by atoms with E-state index >= 15 is 0 Å². The van der Waals surface area contributed by atoms with E-state index < -0.39 is 10.0 Å². The fourth-order valence-corrected chi connectivity index (χ4v) is 3.52. The van der Waals surface area contributed by atoms with Crippen molar-refractivity contribution in [3.8, 4) is 0 Å². The van der Waals surface area contributed by atoms with Crippen molar-refractivity contribution in [2.75, 3.05) is 6.54 Å². The molecule has 2 rings (SSSR count). The summed E-state index contributed by atoms with van der Waals surface area (Å²) < 4.78 is 26.0. The zero-order valence-electron chi connectivity index (χ0n) is 8.49. The minimum absolute atomic E-state index is 0.0943. The van der Waals surface area contributed by atoms with Crippen molar-refractivity contribution in [1.29, 1.82) is 0 Å². The zero-order chi connectivity index (χ0) is 10.2. The molecular weight excluding hydrogens is 200 g/mol. The second-order valence-electron chi connectivity index (χ2n) is 4.31. The van der Waals surface area contributed by atoms with Crippen LogP contribution in [0.5, 0.6) is 0 Å². The van der Waals surface area contributed by atoms with Gasteiger partial charge in [0.1, 0.15) is 0 Å². The molecule has 82 valence electrons. The predicted molar refractivity (Wildman–Crippen MR) is 55.6 cm³/mol. The van der Waals surface area contributed by atoms with Gasteiger partial charge in [-0.15, -0.1) is 0 Å². The summed E-state index contributed by atoms with van der Waals surface area (Å²) in [6.45, 7) is 2.90. The van der Waals surface area contributed by atoms with Crippen molar-refractivity contribution in [2.24, 2.45) is 0 Å². The second-order valence-corrected chi connectivity index (χ2v) is 6.30. The van der Waals surface area contributed by atoms with E-state index in [4.69, 9.17) is 0 Å². The molecule has 0 aromatic heterocycles. The highest BCUT2D eigenvalue weighted by molar-refractivity contribution is 7.90. The molecule has 2 fully saturated rings. The van der Waals surface area contributed by atoms with Crippen LogP contribution in [0.4, 0.5) is 0 Å². The van der Waals surface area contributed by atoms with Crippen LogP contribution >= 0.6 is 0 Å². The van der Waals surface area contributed by atoms with Gasteiger partial charge in [-0.1, -0.05) is 6.92 Å². The van der Waals surface area contributed by atoms with E-state index in [2.05, 4.69) is 17.0 Å². The normalized spacial score (nSPS) is 33.5.